The molecule has 0 amide bonds. The highest BCUT2D eigenvalue weighted by molar-refractivity contribution is 5.67. The van der Waals surface area contributed by atoms with E-state index in [1.54, 1.807) is 0 Å². The maximum atomic E-state index is 11.7. The third kappa shape index (κ3) is 1.64. The number of hydrogen-bond acceptors (Lipinski definition) is 5. The lowest BCUT2D eigenvalue weighted by Gasteiger charge is -2.08. The molecule has 2 rings (SSSR count). The highest BCUT2D eigenvalue weighted by Gasteiger charge is 2.12. The summed E-state index contributed by atoms with van der Waals surface area (Å²) in [6.45, 7) is -0.785. The molecule has 0 aliphatic rings. The average molecular weight is 226 g/mol. The number of H-pyrrole nitrogens is 2. The van der Waals surface area contributed by atoms with Gasteiger partial charge in [0.2, 0.25) is 0 Å². The molecular weight excluding hydrogens is 216 g/mol. The quantitative estimate of drug-likeness (QED) is 0.471. The van der Waals surface area contributed by atoms with Crippen LogP contribution in [0.4, 0.5) is 0 Å². The van der Waals surface area contributed by atoms with Gasteiger partial charge in [-0.1, -0.05) is 0 Å². The molecular formula is C8H10N4O4. The smallest absolute Gasteiger partial charge is 0.330 e. The molecule has 1 unspecified atom stereocenters. The van der Waals surface area contributed by atoms with Gasteiger partial charge in [0.1, 0.15) is 5.52 Å². The maximum Gasteiger partial charge on any atom is 0.330 e. The number of aromatic nitrogens is 4. The van der Waals surface area contributed by atoms with Crippen LogP contribution in [0.3, 0.4) is 0 Å². The summed E-state index contributed by atoms with van der Waals surface area (Å²) in [6, 6.07) is 0. The Kier molecular flexibility index (Phi) is 2.59. The maximum absolute atomic E-state index is 11.7. The number of nitrogens with zero attached hydrogens (tertiary/aromatic N) is 2. The third-order valence-corrected chi connectivity index (χ3v) is 2.17. The van der Waals surface area contributed by atoms with Gasteiger partial charge in [-0.25, -0.2) is 9.78 Å². The second-order valence-corrected chi connectivity index (χ2v) is 3.31. The fourth-order valence-electron chi connectivity index (χ4n) is 1.38. The minimum absolute atomic E-state index is 0.157. The standard InChI is InChI=1S/C8H10N4O4/c13-2-4(14)1-12-7(15)5-6(10-3-9-5)11-8(12)16/h3-4,13-14H,1-2H2,(H,9,10)(H,11,16). The Morgan fingerprint density at radius 2 is 2.25 bits per heavy atom. The predicted molar refractivity (Wildman–Crippen MR) is 54.1 cm³/mol. The summed E-state index contributed by atoms with van der Waals surface area (Å²) in [6.07, 6.45) is 0.133. The van der Waals surface area contributed by atoms with Crippen molar-refractivity contribution in [2.45, 2.75) is 12.6 Å². The first-order valence-electron chi connectivity index (χ1n) is 4.58. The van der Waals surface area contributed by atoms with Crippen molar-refractivity contribution in [2.75, 3.05) is 6.61 Å². The van der Waals surface area contributed by atoms with Gasteiger partial charge in [0.15, 0.2) is 5.65 Å². The Morgan fingerprint density at radius 1 is 1.50 bits per heavy atom. The van der Waals surface area contributed by atoms with E-state index in [2.05, 4.69) is 15.0 Å². The highest BCUT2D eigenvalue weighted by Crippen LogP contribution is 1.95. The SMILES string of the molecule is O=c1[nH]c2nc[nH]c2c(=O)n1CC(O)CO. The van der Waals surface area contributed by atoms with E-state index in [1.165, 1.54) is 6.33 Å². The van der Waals surface area contributed by atoms with Gasteiger partial charge in [-0.05, 0) is 0 Å². The van der Waals surface area contributed by atoms with Gasteiger partial charge >= 0.3 is 5.69 Å². The van der Waals surface area contributed by atoms with Gasteiger partial charge in [0.05, 0.1) is 25.6 Å². The van der Waals surface area contributed by atoms with E-state index >= 15 is 0 Å². The van der Waals surface area contributed by atoms with E-state index in [4.69, 9.17) is 5.11 Å². The Hall–Kier alpha value is -1.93. The van der Waals surface area contributed by atoms with Gasteiger partial charge in [0.25, 0.3) is 5.56 Å². The van der Waals surface area contributed by atoms with E-state index in [0.717, 1.165) is 4.57 Å². The van der Waals surface area contributed by atoms with Crippen LogP contribution in [0, 0.1) is 0 Å². The molecule has 0 spiro atoms. The number of aliphatic hydroxyl groups is 2. The molecule has 0 radical (unpaired) electrons. The van der Waals surface area contributed by atoms with Crippen molar-refractivity contribution >= 4 is 11.2 Å². The molecule has 0 bridgehead atoms. The third-order valence-electron chi connectivity index (χ3n) is 2.17. The Labute approximate surface area is 88.2 Å². The molecule has 0 saturated carbocycles. The zero-order valence-corrected chi connectivity index (χ0v) is 8.17. The minimum atomic E-state index is -1.15. The molecule has 0 aromatic carbocycles. The summed E-state index contributed by atoms with van der Waals surface area (Å²) in [7, 11) is 0. The molecule has 16 heavy (non-hydrogen) atoms. The molecule has 2 aromatic rings. The van der Waals surface area contributed by atoms with Crippen LogP contribution in [0.25, 0.3) is 11.2 Å². The number of aliphatic hydroxyl groups excluding tert-OH is 2. The van der Waals surface area contributed by atoms with Crippen molar-refractivity contribution in [3.05, 3.63) is 27.2 Å². The molecule has 1 atom stereocenters. The van der Waals surface area contributed by atoms with Crippen LogP contribution in [0.1, 0.15) is 0 Å². The van der Waals surface area contributed by atoms with Crippen molar-refractivity contribution in [3.63, 3.8) is 0 Å². The fourth-order valence-corrected chi connectivity index (χ4v) is 1.38. The molecule has 0 aliphatic heterocycles. The van der Waals surface area contributed by atoms with Gasteiger partial charge in [-0.2, -0.15) is 0 Å². The molecule has 8 heteroatoms. The number of aromatic amines is 2. The highest BCUT2D eigenvalue weighted by atomic mass is 16.3. The Morgan fingerprint density at radius 3 is 2.94 bits per heavy atom. The first kappa shape index (κ1) is 10.6. The second kappa shape index (κ2) is 3.91. The number of imidazole rings is 1. The Bertz CT molecular complexity index is 610. The first-order valence-corrected chi connectivity index (χ1v) is 4.58. The molecule has 4 N–H and O–H groups in total. The Balaban J connectivity index is 2.60. The van der Waals surface area contributed by atoms with Crippen molar-refractivity contribution in [1.82, 2.24) is 19.5 Å². The van der Waals surface area contributed by atoms with Crippen LogP contribution in [0.5, 0.6) is 0 Å². The fraction of sp³-hybridized carbons (Fsp3) is 0.375. The van der Waals surface area contributed by atoms with E-state index in [1.807, 2.05) is 0 Å². The zero-order chi connectivity index (χ0) is 11.7. The number of hydrogen-bond donors (Lipinski definition) is 4. The van der Waals surface area contributed by atoms with Crippen LogP contribution < -0.4 is 11.2 Å². The monoisotopic (exact) mass is 226 g/mol. The van der Waals surface area contributed by atoms with E-state index < -0.39 is 24.0 Å². The lowest BCUT2D eigenvalue weighted by molar-refractivity contribution is 0.0794. The van der Waals surface area contributed by atoms with Crippen LogP contribution in [-0.2, 0) is 6.54 Å². The molecule has 0 saturated heterocycles. The molecule has 0 aliphatic carbocycles. The van der Waals surface area contributed by atoms with Crippen molar-refractivity contribution < 1.29 is 10.2 Å². The van der Waals surface area contributed by atoms with E-state index in [-0.39, 0.29) is 17.7 Å². The van der Waals surface area contributed by atoms with E-state index in [0.29, 0.717) is 0 Å². The normalized spacial score (nSPS) is 13.1. The summed E-state index contributed by atoms with van der Waals surface area (Å²) in [5, 5.41) is 17.8. The second-order valence-electron chi connectivity index (χ2n) is 3.31. The summed E-state index contributed by atoms with van der Waals surface area (Å²) in [5.41, 5.74) is -0.921. The average Bonchev–Trinajstić information content (AvgIpc) is 2.71. The molecule has 86 valence electrons. The van der Waals surface area contributed by atoms with Crippen LogP contribution in [-0.4, -0.2) is 42.4 Å². The molecule has 2 aromatic heterocycles. The van der Waals surface area contributed by atoms with Gasteiger partial charge in [-0.3, -0.25) is 14.3 Å². The zero-order valence-electron chi connectivity index (χ0n) is 8.17. The number of nitrogens with one attached hydrogen (secondary N) is 2. The van der Waals surface area contributed by atoms with Gasteiger partial charge < -0.3 is 15.2 Å². The van der Waals surface area contributed by atoms with E-state index in [9.17, 15) is 14.7 Å². The number of rotatable bonds is 3. The van der Waals surface area contributed by atoms with Crippen LogP contribution in [0.15, 0.2) is 15.9 Å². The topological polar surface area (TPSA) is 124 Å². The predicted octanol–water partition coefficient (Wildman–Crippen LogP) is -2.23. The molecule has 2 heterocycles. The van der Waals surface area contributed by atoms with Gasteiger partial charge in [0, 0.05) is 0 Å². The summed E-state index contributed by atoms with van der Waals surface area (Å²) in [4.78, 5) is 31.9. The first-order chi connectivity index (χ1) is 7.63. The summed E-state index contributed by atoms with van der Waals surface area (Å²) >= 11 is 0. The van der Waals surface area contributed by atoms with Crippen LogP contribution >= 0.6 is 0 Å². The molecule has 0 fully saturated rings. The lowest BCUT2D eigenvalue weighted by Crippen LogP contribution is -2.39. The van der Waals surface area contributed by atoms with Crippen molar-refractivity contribution in [2.24, 2.45) is 0 Å². The van der Waals surface area contributed by atoms with Crippen molar-refractivity contribution in [1.29, 1.82) is 0 Å². The summed E-state index contributed by atoms with van der Waals surface area (Å²) < 4.78 is 0.807. The van der Waals surface area contributed by atoms with Gasteiger partial charge in [-0.15, -0.1) is 0 Å². The minimum Gasteiger partial charge on any atom is -0.394 e. The van der Waals surface area contributed by atoms with Crippen LogP contribution in [0.2, 0.25) is 0 Å². The largest absolute Gasteiger partial charge is 0.394 e. The number of fused-ring (bicyclic) bond motifs is 1. The summed E-state index contributed by atoms with van der Waals surface area (Å²) in [5.74, 6) is 0. The molecule has 8 nitrogen and oxygen atoms in total. The lowest BCUT2D eigenvalue weighted by atomic mass is 10.3. The van der Waals surface area contributed by atoms with Crippen molar-refractivity contribution in [3.8, 4) is 0 Å².